The van der Waals surface area contributed by atoms with Gasteiger partial charge >= 0.3 is 6.03 Å². The number of aromatic nitrogens is 3. The van der Waals surface area contributed by atoms with E-state index in [4.69, 9.17) is 17.3 Å². The van der Waals surface area contributed by atoms with Gasteiger partial charge in [-0.3, -0.25) is 0 Å². The van der Waals surface area contributed by atoms with E-state index in [1.807, 2.05) is 51.1 Å². The fourth-order valence-corrected chi connectivity index (χ4v) is 4.41. The second-order valence-corrected chi connectivity index (χ2v) is 9.77. The number of benzene rings is 4. The molecule has 0 fully saturated rings. The zero-order valence-corrected chi connectivity index (χ0v) is 23.2. The Morgan fingerprint density at radius 2 is 1.46 bits per heavy atom. The normalized spacial score (nSPS) is 11.1. The number of primary amides is 1. The van der Waals surface area contributed by atoms with Crippen LogP contribution in [0.15, 0.2) is 77.0 Å². The Morgan fingerprint density at radius 3 is 2.17 bits per heavy atom. The number of nitrogens with two attached hydrogens (primary N) is 1. The molecule has 4 aromatic carbocycles. The number of aryl methyl sites for hydroxylation is 3. The van der Waals surface area contributed by atoms with Crippen LogP contribution in [0.5, 0.6) is 5.75 Å². The summed E-state index contributed by atoms with van der Waals surface area (Å²) in [6.07, 6.45) is 0. The first kappa shape index (κ1) is 27.3. The van der Waals surface area contributed by atoms with Gasteiger partial charge in [0.1, 0.15) is 11.4 Å². The van der Waals surface area contributed by atoms with Gasteiger partial charge in [0.2, 0.25) is 17.2 Å². The molecule has 0 bridgehead atoms. The van der Waals surface area contributed by atoms with E-state index >= 15 is 0 Å². The van der Waals surface area contributed by atoms with Gasteiger partial charge in [-0.25, -0.2) is 4.79 Å². The molecule has 0 atom stereocenters. The number of hydrogen-bond donors (Lipinski definition) is 5. The van der Waals surface area contributed by atoms with Crippen molar-refractivity contribution in [1.29, 1.82) is 0 Å². The molecule has 0 radical (unpaired) electrons. The highest BCUT2D eigenvalue weighted by atomic mass is 35.5. The summed E-state index contributed by atoms with van der Waals surface area (Å²) in [4.78, 5) is 24.4. The number of phenolic OH excluding ortho intramolecular Hbond substituents is 1. The summed E-state index contributed by atoms with van der Waals surface area (Å²) in [7, 11) is 0. The van der Waals surface area contributed by atoms with Crippen LogP contribution in [-0.4, -0.2) is 26.1 Å². The van der Waals surface area contributed by atoms with Gasteiger partial charge in [-0.2, -0.15) is 20.1 Å². The van der Waals surface area contributed by atoms with Crippen molar-refractivity contribution in [2.24, 2.45) is 16.0 Å². The van der Waals surface area contributed by atoms with Crippen LogP contribution in [0.1, 0.15) is 16.7 Å². The van der Waals surface area contributed by atoms with Gasteiger partial charge in [-0.1, -0.05) is 23.8 Å². The Kier molecular flexibility index (Phi) is 7.61. The first-order valence-electron chi connectivity index (χ1n) is 12.5. The summed E-state index contributed by atoms with van der Waals surface area (Å²) in [5.41, 5.74) is 11.1. The second-order valence-electron chi connectivity index (χ2n) is 9.43. The number of aromatic hydroxyl groups is 1. The number of azo groups is 1. The van der Waals surface area contributed by atoms with E-state index in [0.29, 0.717) is 28.4 Å². The van der Waals surface area contributed by atoms with Gasteiger partial charge in [0.05, 0.1) is 11.4 Å². The van der Waals surface area contributed by atoms with E-state index in [-0.39, 0.29) is 22.9 Å². The van der Waals surface area contributed by atoms with Gasteiger partial charge in [0, 0.05) is 16.8 Å². The third-order valence-corrected chi connectivity index (χ3v) is 6.24. The molecule has 1 aromatic heterocycles. The fourth-order valence-electron chi connectivity index (χ4n) is 4.25. The summed E-state index contributed by atoms with van der Waals surface area (Å²) in [6.45, 7) is 5.86. The highest BCUT2D eigenvalue weighted by Gasteiger charge is 2.11. The molecule has 0 aliphatic heterocycles. The summed E-state index contributed by atoms with van der Waals surface area (Å²) in [5, 5.41) is 29.2. The third kappa shape index (κ3) is 6.65. The lowest BCUT2D eigenvalue weighted by atomic mass is 10.1. The maximum absolute atomic E-state index is 11.7. The molecule has 11 nitrogen and oxygen atoms in total. The molecule has 0 spiro atoms. The largest absolute Gasteiger partial charge is 0.507 e. The Hall–Kier alpha value is -5.29. The number of phenols is 1. The molecule has 41 heavy (non-hydrogen) atoms. The van der Waals surface area contributed by atoms with Gasteiger partial charge in [0.15, 0.2) is 0 Å². The van der Waals surface area contributed by atoms with E-state index in [1.165, 1.54) is 0 Å². The van der Waals surface area contributed by atoms with Crippen LogP contribution in [0.4, 0.5) is 45.1 Å². The van der Waals surface area contributed by atoms with Crippen LogP contribution in [0.25, 0.3) is 10.8 Å². The lowest BCUT2D eigenvalue weighted by Gasteiger charge is -2.12. The Balaban J connectivity index is 1.39. The number of hydrogen-bond acceptors (Lipinski definition) is 9. The summed E-state index contributed by atoms with van der Waals surface area (Å²) >= 11 is 6.19. The molecule has 5 aromatic rings. The van der Waals surface area contributed by atoms with Gasteiger partial charge in [-0.05, 0) is 97.4 Å². The predicted octanol–water partition coefficient (Wildman–Crippen LogP) is 7.70. The maximum Gasteiger partial charge on any atom is 0.316 e. The standard InChI is InChI=1S/C29H26ClN9O2/c1-15-4-8-22(17(3)10-15)38-39-23-9-6-20(14-24(23)34-27(31)41)33-29-36-26(30)35-28(37-29)32-19-5-7-21-18(13-19)11-16(2)12-25(21)40/h4-14,40H,1-3H3,(H3,31,34,41)(H2,32,33,35,36,37). The molecule has 2 amide bonds. The topological polar surface area (TPSA) is 163 Å². The third-order valence-electron chi connectivity index (χ3n) is 6.07. The van der Waals surface area contributed by atoms with E-state index in [9.17, 15) is 9.90 Å². The minimum atomic E-state index is -0.751. The lowest BCUT2D eigenvalue weighted by molar-refractivity contribution is 0.259. The van der Waals surface area contributed by atoms with Crippen LogP contribution >= 0.6 is 11.6 Å². The lowest BCUT2D eigenvalue weighted by Crippen LogP contribution is -2.19. The minimum Gasteiger partial charge on any atom is -0.507 e. The first-order chi connectivity index (χ1) is 19.6. The van der Waals surface area contributed by atoms with Crippen LogP contribution in [0, 0.1) is 20.8 Å². The molecular weight excluding hydrogens is 542 g/mol. The number of carbonyl (C=O) groups excluding carboxylic acids is 1. The zero-order chi connectivity index (χ0) is 29.1. The van der Waals surface area contributed by atoms with Crippen LogP contribution in [0.3, 0.4) is 0 Å². The average molecular weight is 568 g/mol. The van der Waals surface area contributed by atoms with Crippen LogP contribution in [-0.2, 0) is 0 Å². The number of nitrogens with zero attached hydrogens (tertiary/aromatic N) is 5. The highest BCUT2D eigenvalue weighted by Crippen LogP contribution is 2.33. The van der Waals surface area contributed by atoms with Crippen LogP contribution < -0.4 is 21.7 Å². The Morgan fingerprint density at radius 1 is 0.805 bits per heavy atom. The van der Waals surface area contributed by atoms with Gasteiger partial charge in [0.25, 0.3) is 0 Å². The summed E-state index contributed by atoms with van der Waals surface area (Å²) in [5.74, 6) is 0.582. The molecular formula is C29H26ClN9O2. The number of fused-ring (bicyclic) bond motifs is 1. The van der Waals surface area contributed by atoms with E-state index in [2.05, 4.69) is 41.1 Å². The van der Waals surface area contributed by atoms with E-state index < -0.39 is 6.03 Å². The van der Waals surface area contributed by atoms with Crippen molar-refractivity contribution >= 4 is 68.7 Å². The number of nitrogens with one attached hydrogen (secondary N) is 3. The van der Waals surface area contributed by atoms with Crippen molar-refractivity contribution in [1.82, 2.24) is 15.0 Å². The average Bonchev–Trinajstić information content (AvgIpc) is 2.88. The molecule has 0 saturated heterocycles. The number of amides is 2. The van der Waals surface area contributed by atoms with Crippen molar-refractivity contribution in [2.75, 3.05) is 16.0 Å². The molecule has 0 aliphatic carbocycles. The SMILES string of the molecule is Cc1ccc(N=Nc2ccc(Nc3nc(Cl)nc(Nc4ccc5c(O)cc(C)cc5c4)n3)cc2NC(N)=O)c(C)c1. The molecule has 1 heterocycles. The Labute approximate surface area is 240 Å². The molecule has 6 N–H and O–H groups in total. The maximum atomic E-state index is 11.7. The molecule has 0 unspecified atom stereocenters. The number of urea groups is 1. The van der Waals surface area contributed by atoms with Crippen molar-refractivity contribution in [3.8, 4) is 5.75 Å². The second kappa shape index (κ2) is 11.4. The molecule has 12 heteroatoms. The number of carbonyl (C=O) groups is 1. The highest BCUT2D eigenvalue weighted by molar-refractivity contribution is 6.28. The van der Waals surface area contributed by atoms with Crippen molar-refractivity contribution in [3.63, 3.8) is 0 Å². The predicted molar refractivity (Wildman–Crippen MR) is 161 cm³/mol. The van der Waals surface area contributed by atoms with Gasteiger partial charge < -0.3 is 26.8 Å². The number of halogens is 1. The van der Waals surface area contributed by atoms with Crippen molar-refractivity contribution < 1.29 is 9.90 Å². The van der Waals surface area contributed by atoms with E-state index in [1.54, 1.807) is 36.4 Å². The molecule has 5 rings (SSSR count). The minimum absolute atomic E-state index is 0.0337. The van der Waals surface area contributed by atoms with Crippen molar-refractivity contribution in [2.45, 2.75) is 20.8 Å². The van der Waals surface area contributed by atoms with Gasteiger partial charge in [-0.15, -0.1) is 5.11 Å². The smallest absolute Gasteiger partial charge is 0.316 e. The molecule has 0 aliphatic rings. The molecule has 0 saturated carbocycles. The fraction of sp³-hybridized carbons (Fsp3) is 0.103. The summed E-state index contributed by atoms with van der Waals surface area (Å²) in [6, 6.07) is 19.3. The van der Waals surface area contributed by atoms with Crippen LogP contribution in [0.2, 0.25) is 5.28 Å². The number of anilines is 5. The number of rotatable bonds is 7. The van der Waals surface area contributed by atoms with Crippen molar-refractivity contribution in [3.05, 3.63) is 88.7 Å². The monoisotopic (exact) mass is 567 g/mol. The zero-order valence-electron chi connectivity index (χ0n) is 22.4. The first-order valence-corrected chi connectivity index (χ1v) is 12.9. The molecule has 206 valence electrons. The Bertz CT molecular complexity index is 1820. The summed E-state index contributed by atoms with van der Waals surface area (Å²) < 4.78 is 0. The quantitative estimate of drug-likeness (QED) is 0.126. The van der Waals surface area contributed by atoms with E-state index in [0.717, 1.165) is 27.5 Å².